The Labute approximate surface area is 376 Å². The van der Waals surface area contributed by atoms with Crippen LogP contribution in [0.2, 0.25) is 0 Å². The van der Waals surface area contributed by atoms with Crippen LogP contribution < -0.4 is 0 Å². The van der Waals surface area contributed by atoms with Gasteiger partial charge in [-0.15, -0.1) is 0 Å². The number of imidazole rings is 4. The van der Waals surface area contributed by atoms with E-state index in [9.17, 15) is 0 Å². The van der Waals surface area contributed by atoms with Gasteiger partial charge in [0, 0.05) is 69.8 Å². The Kier molecular flexibility index (Phi) is 8.52. The molecule has 13 aromatic rings. The lowest BCUT2D eigenvalue weighted by Crippen LogP contribution is -2.07. The summed E-state index contributed by atoms with van der Waals surface area (Å²) in [6, 6.07) is 60.9. The zero-order valence-electron chi connectivity index (χ0n) is 35.0. The van der Waals surface area contributed by atoms with Gasteiger partial charge in [-0.1, -0.05) is 72.8 Å². The van der Waals surface area contributed by atoms with Crippen molar-refractivity contribution in [2.45, 2.75) is 0 Å². The zero-order chi connectivity index (χ0) is 43.6. The van der Waals surface area contributed by atoms with Crippen LogP contribution in [0.5, 0.6) is 0 Å². The van der Waals surface area contributed by atoms with E-state index in [0.29, 0.717) is 45.9 Å². The second-order valence-corrected chi connectivity index (χ2v) is 15.8. The SMILES string of the molecule is c1ccc(-n2c(-c3cc(-c4nc5cccnc5n4-c4ccccc4)c(-c4nc5cccnc5n4-c4ccccc4)cc3-c3nc4cccnc4n3-c3ccccc3)nc3cccnc32)cc1. The summed E-state index contributed by atoms with van der Waals surface area (Å²) in [5.41, 5.74) is 12.6. The molecule has 8 heterocycles. The van der Waals surface area contributed by atoms with Crippen molar-refractivity contribution in [2.75, 3.05) is 0 Å². The van der Waals surface area contributed by atoms with Gasteiger partial charge in [0.05, 0.1) is 0 Å². The summed E-state index contributed by atoms with van der Waals surface area (Å²) in [6.45, 7) is 0. The lowest BCUT2D eigenvalue weighted by Gasteiger charge is -2.20. The fraction of sp³-hybridized carbons (Fsp3) is 0. The minimum atomic E-state index is 0.663. The molecule has 0 saturated carbocycles. The second kappa shape index (κ2) is 15.1. The van der Waals surface area contributed by atoms with Crippen molar-refractivity contribution in [1.82, 2.24) is 58.1 Å². The fourth-order valence-corrected chi connectivity index (χ4v) is 9.00. The van der Waals surface area contributed by atoms with Gasteiger partial charge in [0.25, 0.3) is 0 Å². The van der Waals surface area contributed by atoms with E-state index in [1.165, 1.54) is 0 Å². The van der Waals surface area contributed by atoms with E-state index in [1.54, 1.807) is 24.8 Å². The molecular formula is C54H34N12. The number of pyridine rings is 4. The lowest BCUT2D eigenvalue weighted by atomic mass is 9.95. The van der Waals surface area contributed by atoms with Crippen LogP contribution in [-0.2, 0) is 0 Å². The fourth-order valence-electron chi connectivity index (χ4n) is 9.00. The van der Waals surface area contributed by atoms with Crippen molar-refractivity contribution in [3.8, 4) is 68.3 Å². The Hall–Kier alpha value is -9.42. The number of aromatic nitrogens is 12. The number of fused-ring (bicyclic) bond motifs is 4. The molecule has 12 nitrogen and oxygen atoms in total. The molecule has 13 rings (SSSR count). The van der Waals surface area contributed by atoms with Gasteiger partial charge in [-0.05, 0) is 109 Å². The molecule has 8 aromatic heterocycles. The Morgan fingerprint density at radius 2 is 0.470 bits per heavy atom. The number of rotatable bonds is 8. The molecule has 0 amide bonds. The first-order valence-corrected chi connectivity index (χ1v) is 21.5. The number of benzene rings is 5. The summed E-state index contributed by atoms with van der Waals surface area (Å²) in [5, 5.41) is 0. The maximum atomic E-state index is 5.44. The van der Waals surface area contributed by atoms with Gasteiger partial charge in [-0.3, -0.25) is 18.3 Å². The average molecular weight is 851 g/mol. The molecule has 0 spiro atoms. The number of para-hydroxylation sites is 4. The van der Waals surface area contributed by atoms with E-state index >= 15 is 0 Å². The summed E-state index contributed by atoms with van der Waals surface area (Å²) in [6.07, 6.45) is 7.22. The molecule has 0 unspecified atom stereocenters. The van der Waals surface area contributed by atoms with Crippen molar-refractivity contribution in [1.29, 1.82) is 0 Å². The Bertz CT molecular complexity index is 3420. The molecule has 0 aliphatic rings. The minimum absolute atomic E-state index is 0.663. The highest BCUT2D eigenvalue weighted by molar-refractivity contribution is 5.97. The maximum absolute atomic E-state index is 5.44. The lowest BCUT2D eigenvalue weighted by molar-refractivity contribution is 1.05. The third-order valence-corrected chi connectivity index (χ3v) is 11.8. The highest BCUT2D eigenvalue weighted by atomic mass is 15.2. The van der Waals surface area contributed by atoms with Crippen LogP contribution in [0.1, 0.15) is 0 Å². The van der Waals surface area contributed by atoms with Gasteiger partial charge < -0.3 is 0 Å². The topological polar surface area (TPSA) is 123 Å². The molecule has 12 heteroatoms. The van der Waals surface area contributed by atoms with Crippen molar-refractivity contribution in [3.05, 3.63) is 207 Å². The molecule has 0 aliphatic carbocycles. The van der Waals surface area contributed by atoms with E-state index in [1.807, 2.05) is 121 Å². The molecule has 0 saturated heterocycles. The van der Waals surface area contributed by atoms with Gasteiger partial charge in [-0.2, -0.15) is 0 Å². The highest BCUT2D eigenvalue weighted by Crippen LogP contribution is 2.45. The Morgan fingerprint density at radius 1 is 0.242 bits per heavy atom. The standard InChI is InChI=1S/C54H34N12/c1-5-17-35(18-6-1)63-47(59-43-25-13-29-55-51(43)63)39-33-41(49-61-45-27-15-31-57-53(45)65(49)37-21-9-3-10-22-37)42(50-62-46-28-16-32-58-54(46)66(50)38-23-11-4-12-24-38)34-40(39)48-60-44-26-14-30-56-52(44)64(48)36-19-7-2-8-20-36/h1-34H. The third-order valence-electron chi connectivity index (χ3n) is 11.8. The molecule has 0 fully saturated rings. The predicted octanol–water partition coefficient (Wildman–Crippen LogP) is 11.3. The first kappa shape index (κ1) is 37.2. The van der Waals surface area contributed by atoms with Crippen LogP contribution in [0.25, 0.3) is 113 Å². The summed E-state index contributed by atoms with van der Waals surface area (Å²) in [5.74, 6) is 2.65. The second-order valence-electron chi connectivity index (χ2n) is 15.8. The van der Waals surface area contributed by atoms with E-state index in [2.05, 4.69) is 78.9 Å². The first-order valence-electron chi connectivity index (χ1n) is 21.5. The van der Waals surface area contributed by atoms with Gasteiger partial charge in [0.2, 0.25) is 0 Å². The third kappa shape index (κ3) is 5.93. The van der Waals surface area contributed by atoms with Crippen LogP contribution >= 0.6 is 0 Å². The predicted molar refractivity (Wildman–Crippen MR) is 258 cm³/mol. The minimum Gasteiger partial charge on any atom is -0.277 e. The van der Waals surface area contributed by atoms with Gasteiger partial charge in [-0.25, -0.2) is 39.9 Å². The quantitative estimate of drug-likeness (QED) is 0.148. The summed E-state index contributed by atoms with van der Waals surface area (Å²) in [4.78, 5) is 41.5. The van der Waals surface area contributed by atoms with Crippen molar-refractivity contribution < 1.29 is 0 Å². The maximum Gasteiger partial charge on any atom is 0.164 e. The summed E-state index contributed by atoms with van der Waals surface area (Å²) < 4.78 is 8.49. The summed E-state index contributed by atoms with van der Waals surface area (Å²) >= 11 is 0. The zero-order valence-corrected chi connectivity index (χ0v) is 35.0. The van der Waals surface area contributed by atoms with Crippen molar-refractivity contribution >= 4 is 44.7 Å². The molecule has 5 aromatic carbocycles. The Morgan fingerprint density at radius 3 is 0.697 bits per heavy atom. The van der Waals surface area contributed by atoms with Crippen LogP contribution in [-0.4, -0.2) is 58.1 Å². The normalized spacial score (nSPS) is 11.6. The first-order chi connectivity index (χ1) is 32.8. The van der Waals surface area contributed by atoms with E-state index in [4.69, 9.17) is 39.9 Å². The molecule has 0 N–H and O–H groups in total. The van der Waals surface area contributed by atoms with Crippen LogP contribution in [0, 0.1) is 0 Å². The van der Waals surface area contributed by atoms with Crippen molar-refractivity contribution in [2.24, 2.45) is 0 Å². The summed E-state index contributed by atoms with van der Waals surface area (Å²) in [7, 11) is 0. The number of nitrogens with zero attached hydrogens (tertiary/aromatic N) is 12. The molecule has 0 aliphatic heterocycles. The van der Waals surface area contributed by atoms with Crippen molar-refractivity contribution in [3.63, 3.8) is 0 Å². The van der Waals surface area contributed by atoms with Gasteiger partial charge >= 0.3 is 0 Å². The van der Waals surface area contributed by atoms with Crippen LogP contribution in [0.4, 0.5) is 0 Å². The number of hydrogen-bond donors (Lipinski definition) is 0. The number of hydrogen-bond acceptors (Lipinski definition) is 8. The highest BCUT2D eigenvalue weighted by Gasteiger charge is 2.30. The monoisotopic (exact) mass is 850 g/mol. The van der Waals surface area contributed by atoms with E-state index in [-0.39, 0.29) is 0 Å². The van der Waals surface area contributed by atoms with Crippen LogP contribution in [0.3, 0.4) is 0 Å². The molecule has 0 radical (unpaired) electrons. The van der Waals surface area contributed by atoms with E-state index < -0.39 is 0 Å². The molecule has 0 atom stereocenters. The smallest absolute Gasteiger partial charge is 0.164 e. The molecule has 0 bridgehead atoms. The molecule has 66 heavy (non-hydrogen) atoms. The Balaban J connectivity index is 1.24. The van der Waals surface area contributed by atoms with Crippen LogP contribution in [0.15, 0.2) is 207 Å². The molecule has 310 valence electrons. The molecular weight excluding hydrogens is 817 g/mol. The average Bonchev–Trinajstić information content (AvgIpc) is 4.17. The van der Waals surface area contributed by atoms with Gasteiger partial charge in [0.15, 0.2) is 22.6 Å². The largest absolute Gasteiger partial charge is 0.277 e. The van der Waals surface area contributed by atoms with Gasteiger partial charge in [0.1, 0.15) is 45.4 Å². The van der Waals surface area contributed by atoms with E-state index in [0.717, 1.165) is 67.1 Å².